The first-order valence-corrected chi connectivity index (χ1v) is 10.2. The number of hydrogen-bond acceptors (Lipinski definition) is 4. The Morgan fingerprint density at radius 3 is 2.52 bits per heavy atom. The summed E-state index contributed by atoms with van der Waals surface area (Å²) >= 11 is 0. The number of rotatable bonds is 9. The van der Waals surface area contributed by atoms with E-state index >= 15 is 0 Å². The van der Waals surface area contributed by atoms with Crippen molar-refractivity contribution >= 4 is 36.0 Å². The zero-order chi connectivity index (χ0) is 18.8. The zero-order valence-electron chi connectivity index (χ0n) is 17.1. The maximum absolute atomic E-state index is 11.7. The maximum atomic E-state index is 11.7. The molecule has 1 saturated carbocycles. The summed E-state index contributed by atoms with van der Waals surface area (Å²) in [5.41, 5.74) is 0. The molecule has 1 atom stereocenters. The predicted octanol–water partition coefficient (Wildman–Crippen LogP) is 2.42. The minimum atomic E-state index is -0.329. The summed E-state index contributed by atoms with van der Waals surface area (Å²) in [4.78, 5) is 18.5. The second-order valence-corrected chi connectivity index (χ2v) is 7.57. The van der Waals surface area contributed by atoms with Gasteiger partial charge >= 0.3 is 6.09 Å². The van der Waals surface area contributed by atoms with E-state index in [-0.39, 0.29) is 36.1 Å². The van der Waals surface area contributed by atoms with Gasteiger partial charge in [0.1, 0.15) is 0 Å². The van der Waals surface area contributed by atoms with Crippen molar-refractivity contribution in [1.29, 1.82) is 0 Å². The van der Waals surface area contributed by atoms with Crippen molar-refractivity contribution in [3.8, 4) is 0 Å². The molecule has 0 bridgehead atoms. The number of aliphatic imine (C=N–C) groups is 1. The number of carbonyl (C=O) groups is 1. The van der Waals surface area contributed by atoms with Gasteiger partial charge in [0.05, 0.1) is 12.6 Å². The van der Waals surface area contributed by atoms with Crippen molar-refractivity contribution in [2.75, 3.05) is 46.4 Å². The number of carbonyl (C=O) groups excluding carboxylic acids is 1. The van der Waals surface area contributed by atoms with Crippen molar-refractivity contribution in [2.24, 2.45) is 16.8 Å². The van der Waals surface area contributed by atoms with Crippen LogP contribution in [-0.4, -0.2) is 69.4 Å². The number of alkyl carbamates (subject to hydrolysis) is 1. The number of ether oxygens (including phenoxy) is 1. The van der Waals surface area contributed by atoms with E-state index in [0.29, 0.717) is 19.1 Å². The number of hydrogen-bond donors (Lipinski definition) is 3. The van der Waals surface area contributed by atoms with Gasteiger partial charge in [-0.25, -0.2) is 4.79 Å². The molecule has 0 spiro atoms. The van der Waals surface area contributed by atoms with E-state index in [0.717, 1.165) is 31.4 Å². The molecule has 2 aliphatic rings. The number of guanidine groups is 1. The van der Waals surface area contributed by atoms with E-state index in [1.165, 1.54) is 38.8 Å². The normalized spacial score (nSPS) is 19.7. The molecule has 158 valence electrons. The molecule has 2 rings (SSSR count). The Morgan fingerprint density at radius 2 is 1.93 bits per heavy atom. The lowest BCUT2D eigenvalue weighted by molar-refractivity contribution is 0.146. The second kappa shape index (κ2) is 13.4. The molecule has 2 fully saturated rings. The minimum absolute atomic E-state index is 0. The molecule has 1 aliphatic carbocycles. The van der Waals surface area contributed by atoms with Crippen molar-refractivity contribution in [2.45, 2.75) is 52.0 Å². The van der Waals surface area contributed by atoms with Crippen molar-refractivity contribution in [3.05, 3.63) is 0 Å². The molecule has 7 nitrogen and oxygen atoms in total. The summed E-state index contributed by atoms with van der Waals surface area (Å²) in [6.07, 6.45) is 5.77. The molecule has 1 saturated heterocycles. The molecule has 0 aromatic heterocycles. The molecule has 0 radical (unpaired) electrons. The highest BCUT2D eigenvalue weighted by Crippen LogP contribution is 2.32. The first-order valence-electron chi connectivity index (χ1n) is 10.2. The zero-order valence-corrected chi connectivity index (χ0v) is 19.5. The van der Waals surface area contributed by atoms with Crippen molar-refractivity contribution in [1.82, 2.24) is 20.9 Å². The predicted molar refractivity (Wildman–Crippen MR) is 121 cm³/mol. The summed E-state index contributed by atoms with van der Waals surface area (Å²) in [5, 5.41) is 9.68. The van der Waals surface area contributed by atoms with E-state index in [2.05, 4.69) is 32.8 Å². The highest BCUT2D eigenvalue weighted by atomic mass is 127. The fourth-order valence-corrected chi connectivity index (χ4v) is 3.38. The number of halogens is 1. The van der Waals surface area contributed by atoms with Crippen molar-refractivity contribution < 1.29 is 9.53 Å². The Morgan fingerprint density at radius 1 is 1.22 bits per heavy atom. The van der Waals surface area contributed by atoms with Crippen LogP contribution in [0.15, 0.2) is 4.99 Å². The highest BCUT2D eigenvalue weighted by Gasteiger charge is 2.32. The number of nitrogens with zero attached hydrogens (tertiary/aromatic N) is 2. The summed E-state index contributed by atoms with van der Waals surface area (Å²) in [7, 11) is 1.78. The van der Waals surface area contributed by atoms with Crippen LogP contribution in [0.2, 0.25) is 0 Å². The van der Waals surface area contributed by atoms with Crippen LogP contribution < -0.4 is 16.0 Å². The lowest BCUT2D eigenvalue weighted by atomic mass is 9.99. The molecule has 1 amide bonds. The second-order valence-electron chi connectivity index (χ2n) is 7.57. The van der Waals surface area contributed by atoms with Gasteiger partial charge in [-0.1, -0.05) is 6.92 Å². The Bertz CT molecular complexity index is 451. The smallest absolute Gasteiger partial charge is 0.407 e. The van der Waals surface area contributed by atoms with Gasteiger partial charge in [-0.3, -0.25) is 4.99 Å². The van der Waals surface area contributed by atoms with Crippen LogP contribution in [0.5, 0.6) is 0 Å². The first kappa shape index (κ1) is 24.3. The van der Waals surface area contributed by atoms with Crippen LogP contribution in [-0.2, 0) is 4.74 Å². The van der Waals surface area contributed by atoms with E-state index in [1.807, 2.05) is 6.92 Å². The van der Waals surface area contributed by atoms with Gasteiger partial charge in [-0.2, -0.15) is 0 Å². The SMILES string of the molecule is CCOC(=O)NC(CNC(=NC)NCCCN1CCC(C)CC1)C1CC1.I. The van der Waals surface area contributed by atoms with E-state index in [9.17, 15) is 4.79 Å². The molecule has 1 heterocycles. The van der Waals surface area contributed by atoms with Gasteiger partial charge in [-0.15, -0.1) is 24.0 Å². The van der Waals surface area contributed by atoms with Crippen molar-refractivity contribution in [3.63, 3.8) is 0 Å². The van der Waals surface area contributed by atoms with Crippen LogP contribution >= 0.6 is 24.0 Å². The average Bonchev–Trinajstić information content (AvgIpc) is 3.47. The number of amides is 1. The van der Waals surface area contributed by atoms with Crippen LogP contribution in [0.4, 0.5) is 4.79 Å². The van der Waals surface area contributed by atoms with Gasteiger partial charge in [-0.05, 0) is 70.5 Å². The third-order valence-corrected chi connectivity index (χ3v) is 5.30. The summed E-state index contributed by atoms with van der Waals surface area (Å²) in [6, 6.07) is 0.0999. The molecule has 3 N–H and O–H groups in total. The maximum Gasteiger partial charge on any atom is 0.407 e. The van der Waals surface area contributed by atoms with Gasteiger partial charge in [0.25, 0.3) is 0 Å². The fourth-order valence-electron chi connectivity index (χ4n) is 3.38. The number of nitrogens with one attached hydrogen (secondary N) is 3. The molecular formula is C19H38IN5O2. The monoisotopic (exact) mass is 495 g/mol. The molecule has 8 heteroatoms. The molecule has 1 unspecified atom stereocenters. The van der Waals surface area contributed by atoms with Gasteiger partial charge in [0.15, 0.2) is 5.96 Å². The summed E-state index contributed by atoms with van der Waals surface area (Å²) in [6.45, 7) is 9.76. The van der Waals surface area contributed by atoms with E-state index in [1.54, 1.807) is 7.05 Å². The minimum Gasteiger partial charge on any atom is -0.450 e. The van der Waals surface area contributed by atoms with Gasteiger partial charge in [0.2, 0.25) is 0 Å². The summed E-state index contributed by atoms with van der Waals surface area (Å²) < 4.78 is 5.00. The quantitative estimate of drug-likeness (QED) is 0.198. The lowest BCUT2D eigenvalue weighted by Crippen LogP contribution is -2.48. The number of likely N-dealkylation sites (tertiary alicyclic amines) is 1. The lowest BCUT2D eigenvalue weighted by Gasteiger charge is -2.30. The summed E-state index contributed by atoms with van der Waals surface area (Å²) in [5.74, 6) is 2.23. The third kappa shape index (κ3) is 9.82. The van der Waals surface area contributed by atoms with Gasteiger partial charge in [0, 0.05) is 20.1 Å². The Balaban J connectivity index is 0.00000364. The number of piperidine rings is 1. The van der Waals surface area contributed by atoms with E-state index < -0.39 is 0 Å². The van der Waals surface area contributed by atoms with E-state index in [4.69, 9.17) is 4.74 Å². The Kier molecular flexibility index (Phi) is 12.1. The highest BCUT2D eigenvalue weighted by molar-refractivity contribution is 14.0. The average molecular weight is 495 g/mol. The molecule has 0 aromatic rings. The van der Waals surface area contributed by atoms with Crippen LogP contribution in [0, 0.1) is 11.8 Å². The van der Waals surface area contributed by atoms with Crippen LogP contribution in [0.1, 0.15) is 46.0 Å². The van der Waals surface area contributed by atoms with Gasteiger partial charge < -0.3 is 25.6 Å². The molecular weight excluding hydrogens is 457 g/mol. The molecule has 1 aliphatic heterocycles. The molecule has 27 heavy (non-hydrogen) atoms. The third-order valence-electron chi connectivity index (χ3n) is 5.30. The fraction of sp³-hybridized carbons (Fsp3) is 0.895. The van der Waals surface area contributed by atoms with Crippen LogP contribution in [0.25, 0.3) is 0 Å². The topological polar surface area (TPSA) is 78.0 Å². The Hall–Kier alpha value is -0.770. The largest absolute Gasteiger partial charge is 0.450 e. The van der Waals surface area contributed by atoms with Crippen LogP contribution in [0.3, 0.4) is 0 Å². The standard InChI is InChI=1S/C19H37N5O2.HI/c1-4-26-19(25)23-17(16-6-7-16)14-22-18(20-3)21-10-5-11-24-12-8-15(2)9-13-24;/h15-17H,4-14H2,1-3H3,(H,23,25)(H2,20,21,22);1H. The first-order chi connectivity index (χ1) is 12.6. The Labute approximate surface area is 181 Å². The molecule has 0 aromatic carbocycles.